The van der Waals surface area contributed by atoms with Gasteiger partial charge in [-0.25, -0.2) is 0 Å². The number of thiazole rings is 1. The van der Waals surface area contributed by atoms with Crippen LogP contribution in [0.5, 0.6) is 0 Å². The van der Waals surface area contributed by atoms with Crippen molar-refractivity contribution in [3.63, 3.8) is 0 Å². The van der Waals surface area contributed by atoms with Crippen LogP contribution < -0.4 is 58.2 Å². The Morgan fingerprint density at radius 3 is 2.00 bits per heavy atom. The van der Waals surface area contributed by atoms with E-state index in [1.54, 1.807) is 0 Å². The van der Waals surface area contributed by atoms with Gasteiger partial charge in [-0.3, -0.25) is 0 Å². The van der Waals surface area contributed by atoms with Crippen LogP contribution in [0.25, 0.3) is 0 Å². The summed E-state index contributed by atoms with van der Waals surface area (Å²) in [6.45, 7) is 10.4. The van der Waals surface area contributed by atoms with Gasteiger partial charge in [0.25, 0.3) is 0 Å². The maximum absolute atomic E-state index is 4.15. The molecule has 12 heavy (non-hydrogen) atoms. The van der Waals surface area contributed by atoms with E-state index in [0.717, 1.165) is 5.69 Å². The molecular formula is C9H16NRbS. The molecule has 0 N–H and O–H groups in total. The predicted octanol–water partition coefficient (Wildman–Crippen LogP) is 0.271. The fourth-order valence-electron chi connectivity index (χ4n) is 0.534. The minimum Gasteiger partial charge on any atom is -0.364 e. The van der Waals surface area contributed by atoms with Crippen molar-refractivity contribution in [3.05, 3.63) is 16.6 Å². The number of aromatic nitrogens is 1. The van der Waals surface area contributed by atoms with Crippen LogP contribution in [0.3, 0.4) is 0 Å². The molecule has 1 heterocycles. The second kappa shape index (κ2) is 7.80. The maximum atomic E-state index is 4.15. The maximum Gasteiger partial charge on any atom is 1.00 e. The molecule has 0 saturated heterocycles. The number of hydrogen-bond donors (Lipinski definition) is 0. The van der Waals surface area contributed by atoms with E-state index in [4.69, 9.17) is 0 Å². The monoisotopic (exact) mass is 255 g/mol. The van der Waals surface area contributed by atoms with Crippen molar-refractivity contribution in [2.24, 2.45) is 0 Å². The topological polar surface area (TPSA) is 12.9 Å². The summed E-state index contributed by atoms with van der Waals surface area (Å²) in [4.78, 5) is 4.15. The van der Waals surface area contributed by atoms with Gasteiger partial charge in [0.05, 0.1) is 0 Å². The van der Waals surface area contributed by atoms with Crippen LogP contribution in [0.2, 0.25) is 0 Å². The molecule has 0 saturated carbocycles. The van der Waals surface area contributed by atoms with Crippen LogP contribution >= 0.6 is 11.3 Å². The van der Waals surface area contributed by atoms with E-state index in [2.05, 4.69) is 31.1 Å². The van der Waals surface area contributed by atoms with E-state index in [0.29, 0.717) is 0 Å². The standard InChI is InChI=1S/C7H10NS.C2H6.Rb/c1-7(2,3)6-4-9-5-8-6;1-2;/h5H,1-3H3;1-2H3;/q-1;;+1. The van der Waals surface area contributed by atoms with Gasteiger partial charge < -0.3 is 16.3 Å². The van der Waals surface area contributed by atoms with Crippen molar-refractivity contribution in [2.75, 3.05) is 0 Å². The van der Waals surface area contributed by atoms with Crippen LogP contribution in [0.15, 0.2) is 5.51 Å². The Labute approximate surface area is 129 Å². The van der Waals surface area contributed by atoms with Gasteiger partial charge in [-0.2, -0.15) is 5.38 Å². The fourth-order valence-corrected chi connectivity index (χ4v) is 1.22. The molecule has 0 aliphatic rings. The first kappa shape index (κ1) is 15.9. The van der Waals surface area contributed by atoms with E-state index in [1.165, 1.54) is 11.3 Å². The van der Waals surface area contributed by atoms with Gasteiger partial charge in [-0.15, -0.1) is 0 Å². The molecule has 0 atom stereocenters. The molecule has 0 aromatic carbocycles. The molecule has 0 aliphatic heterocycles. The molecular weight excluding hydrogens is 240 g/mol. The third kappa shape index (κ3) is 5.98. The minimum atomic E-state index is 0. The molecule has 1 aromatic rings. The zero-order valence-corrected chi connectivity index (χ0v) is 14.7. The molecule has 1 aromatic heterocycles. The zero-order chi connectivity index (χ0) is 8.91. The average molecular weight is 256 g/mol. The molecule has 0 unspecified atom stereocenters. The SMILES string of the molecule is CC.CC(C)(C)c1[c-]scn1.[Rb+]. The molecule has 0 aliphatic carbocycles. The summed E-state index contributed by atoms with van der Waals surface area (Å²) >= 11 is 1.53. The summed E-state index contributed by atoms with van der Waals surface area (Å²) in [5.41, 5.74) is 3.05. The number of nitrogens with zero attached hydrogens (tertiary/aromatic N) is 1. The van der Waals surface area contributed by atoms with E-state index < -0.39 is 0 Å². The second-order valence-corrected chi connectivity index (χ2v) is 3.70. The van der Waals surface area contributed by atoms with Gasteiger partial charge in [-0.1, -0.05) is 45.8 Å². The zero-order valence-electron chi connectivity index (χ0n) is 8.93. The smallest absolute Gasteiger partial charge is 0.364 e. The molecule has 0 amide bonds. The minimum absolute atomic E-state index is 0. The Balaban J connectivity index is 0. The first-order valence-corrected chi connectivity index (χ1v) is 4.80. The van der Waals surface area contributed by atoms with Crippen molar-refractivity contribution in [1.82, 2.24) is 4.98 Å². The molecule has 0 spiro atoms. The summed E-state index contributed by atoms with van der Waals surface area (Å²) in [6.07, 6.45) is 0. The normalized spacial score (nSPS) is 9.42. The third-order valence-corrected chi connectivity index (χ3v) is 1.62. The molecule has 0 bridgehead atoms. The Morgan fingerprint density at radius 1 is 1.33 bits per heavy atom. The Bertz CT molecular complexity index is 177. The summed E-state index contributed by atoms with van der Waals surface area (Å²) in [5, 5.41) is 3.11. The fraction of sp³-hybridized carbons (Fsp3) is 0.667. The van der Waals surface area contributed by atoms with Crippen LogP contribution in [-0.4, -0.2) is 4.98 Å². The van der Waals surface area contributed by atoms with Crippen molar-refractivity contribution < 1.29 is 58.2 Å². The van der Waals surface area contributed by atoms with Gasteiger partial charge >= 0.3 is 58.2 Å². The molecule has 1 nitrogen and oxygen atoms in total. The number of rotatable bonds is 0. The first-order chi connectivity index (χ1) is 5.11. The van der Waals surface area contributed by atoms with Crippen molar-refractivity contribution in [2.45, 2.75) is 40.0 Å². The van der Waals surface area contributed by atoms with Gasteiger partial charge in [-0.05, 0) is 5.41 Å². The van der Waals surface area contributed by atoms with Gasteiger partial charge in [0.1, 0.15) is 0 Å². The molecule has 0 radical (unpaired) electrons. The summed E-state index contributed by atoms with van der Waals surface area (Å²) in [7, 11) is 0. The van der Waals surface area contributed by atoms with E-state index >= 15 is 0 Å². The summed E-state index contributed by atoms with van der Waals surface area (Å²) in [5.74, 6) is 0. The summed E-state index contributed by atoms with van der Waals surface area (Å²) in [6, 6.07) is 0. The van der Waals surface area contributed by atoms with Crippen molar-refractivity contribution in [3.8, 4) is 0 Å². The third-order valence-electron chi connectivity index (χ3n) is 1.10. The second-order valence-electron chi connectivity index (χ2n) is 3.05. The van der Waals surface area contributed by atoms with Crippen molar-refractivity contribution in [1.29, 1.82) is 0 Å². The van der Waals surface area contributed by atoms with E-state index in [9.17, 15) is 0 Å². The molecule has 3 heteroatoms. The Morgan fingerprint density at radius 2 is 1.83 bits per heavy atom. The van der Waals surface area contributed by atoms with Gasteiger partial charge in [0.15, 0.2) is 0 Å². The van der Waals surface area contributed by atoms with E-state index in [-0.39, 0.29) is 63.6 Å². The predicted molar refractivity (Wildman–Crippen MR) is 51.0 cm³/mol. The summed E-state index contributed by atoms with van der Waals surface area (Å²) < 4.78 is 0. The quantitative estimate of drug-likeness (QED) is 0.607. The van der Waals surface area contributed by atoms with E-state index in [1.807, 2.05) is 19.4 Å². The molecule has 1 rings (SSSR count). The largest absolute Gasteiger partial charge is 1.00 e. The van der Waals surface area contributed by atoms with Crippen LogP contribution in [-0.2, 0) is 5.41 Å². The van der Waals surface area contributed by atoms with Crippen molar-refractivity contribution >= 4 is 11.3 Å². The number of hydrogen-bond acceptors (Lipinski definition) is 2. The van der Waals surface area contributed by atoms with Crippen LogP contribution in [0.1, 0.15) is 40.3 Å². The molecule has 64 valence electrons. The Kier molecular flexibility index (Phi) is 10.3. The van der Waals surface area contributed by atoms with Crippen LogP contribution in [0.4, 0.5) is 0 Å². The van der Waals surface area contributed by atoms with Gasteiger partial charge in [0.2, 0.25) is 0 Å². The average Bonchev–Trinajstić information content (AvgIpc) is 2.40. The Hall–Kier alpha value is 1.44. The molecule has 0 fully saturated rings. The van der Waals surface area contributed by atoms with Gasteiger partial charge in [0, 0.05) is 0 Å². The first-order valence-electron chi connectivity index (χ1n) is 3.92. The van der Waals surface area contributed by atoms with Crippen LogP contribution in [0, 0.1) is 5.38 Å².